The topological polar surface area (TPSA) is 54.3 Å². The summed E-state index contributed by atoms with van der Waals surface area (Å²) in [5.41, 5.74) is 1.47. The zero-order valence-electron chi connectivity index (χ0n) is 10.9. The molecule has 2 aliphatic rings. The van der Waals surface area contributed by atoms with E-state index >= 15 is 0 Å². The quantitative estimate of drug-likeness (QED) is 0.887. The van der Waals surface area contributed by atoms with Gasteiger partial charge in [0, 0.05) is 29.1 Å². The van der Waals surface area contributed by atoms with E-state index in [1.807, 2.05) is 18.2 Å². The first-order chi connectivity index (χ1) is 9.70. The molecule has 2 fully saturated rings. The first-order valence-electron chi connectivity index (χ1n) is 6.94. The number of nitrogens with one attached hydrogen (secondary N) is 2. The third-order valence-corrected chi connectivity index (χ3v) is 5.02. The van der Waals surface area contributed by atoms with Gasteiger partial charge in [-0.05, 0) is 53.4 Å². The lowest BCUT2D eigenvalue weighted by atomic mass is 9.95. The van der Waals surface area contributed by atoms with Crippen molar-refractivity contribution in [3.05, 3.63) is 34.5 Å². The Balaban J connectivity index is 1.56. The lowest BCUT2D eigenvalue weighted by Gasteiger charge is -2.21. The smallest absolute Gasteiger partial charge is 0.251 e. The summed E-state index contributed by atoms with van der Waals surface area (Å²) in [7, 11) is 0. The predicted molar refractivity (Wildman–Crippen MR) is 79.7 cm³/mol. The van der Waals surface area contributed by atoms with Crippen LogP contribution in [0.4, 0.5) is 0 Å². The molecule has 3 atom stereocenters. The van der Waals surface area contributed by atoms with Crippen LogP contribution in [0.2, 0.25) is 0 Å². The number of rotatable bonds is 2. The van der Waals surface area contributed by atoms with Crippen molar-refractivity contribution in [2.45, 2.75) is 37.4 Å². The summed E-state index contributed by atoms with van der Waals surface area (Å²) in [5.74, 6) is -0.000602. The largest absolute Gasteiger partial charge is 0.463 e. The molecule has 20 heavy (non-hydrogen) atoms. The van der Waals surface area contributed by atoms with Crippen molar-refractivity contribution in [3.8, 4) is 0 Å². The van der Waals surface area contributed by atoms with Crippen molar-refractivity contribution >= 4 is 32.8 Å². The Morgan fingerprint density at radius 2 is 2.30 bits per heavy atom. The highest BCUT2D eigenvalue weighted by Gasteiger charge is 2.39. The molecule has 2 N–H and O–H groups in total. The number of fused-ring (bicyclic) bond motifs is 3. The molecule has 2 saturated heterocycles. The Hall–Kier alpha value is -1.33. The van der Waals surface area contributed by atoms with Crippen LogP contribution in [0.15, 0.2) is 33.4 Å². The average Bonchev–Trinajstić information content (AvgIpc) is 3.15. The van der Waals surface area contributed by atoms with Crippen LogP contribution in [-0.2, 0) is 0 Å². The molecule has 1 aromatic carbocycles. The van der Waals surface area contributed by atoms with E-state index in [0.717, 1.165) is 21.9 Å². The molecule has 0 spiro atoms. The Kier molecular flexibility index (Phi) is 2.86. The minimum atomic E-state index is -0.000602. The molecule has 0 aliphatic carbocycles. The molecule has 2 bridgehead atoms. The highest BCUT2D eigenvalue weighted by Crippen LogP contribution is 2.29. The molecule has 0 saturated carbocycles. The molecular weight excluding hydrogens is 320 g/mol. The van der Waals surface area contributed by atoms with Gasteiger partial charge in [0.15, 0.2) is 0 Å². The molecule has 104 valence electrons. The molecule has 2 aliphatic heterocycles. The van der Waals surface area contributed by atoms with Crippen molar-refractivity contribution in [2.75, 3.05) is 0 Å². The van der Waals surface area contributed by atoms with Crippen molar-refractivity contribution < 1.29 is 9.21 Å². The van der Waals surface area contributed by atoms with Gasteiger partial charge in [-0.2, -0.15) is 0 Å². The Bertz CT molecular complexity index is 682. The monoisotopic (exact) mass is 334 g/mol. The fraction of sp³-hybridized carbons (Fsp3) is 0.400. The van der Waals surface area contributed by atoms with E-state index < -0.39 is 0 Å². The molecule has 2 aromatic rings. The second-order valence-corrected chi connectivity index (χ2v) is 6.51. The summed E-state index contributed by atoms with van der Waals surface area (Å²) in [6, 6.07) is 6.84. The maximum Gasteiger partial charge on any atom is 0.251 e. The predicted octanol–water partition coefficient (Wildman–Crippen LogP) is 2.82. The van der Waals surface area contributed by atoms with Gasteiger partial charge >= 0.3 is 0 Å². The van der Waals surface area contributed by atoms with Crippen molar-refractivity contribution in [3.63, 3.8) is 0 Å². The number of furan rings is 1. The molecule has 1 aromatic heterocycles. The highest BCUT2D eigenvalue weighted by atomic mass is 79.9. The number of hydrogen-bond acceptors (Lipinski definition) is 3. The average molecular weight is 335 g/mol. The van der Waals surface area contributed by atoms with Crippen LogP contribution in [0.25, 0.3) is 11.0 Å². The molecule has 4 nitrogen and oxygen atoms in total. The lowest BCUT2D eigenvalue weighted by Crippen LogP contribution is -2.42. The first kappa shape index (κ1) is 12.4. The SMILES string of the molecule is O=C(N[C@@H]1C[C@H]2CC[C@@H]1N2)c1ccc2occ(Br)c2c1. The van der Waals surface area contributed by atoms with Gasteiger partial charge in [0.2, 0.25) is 0 Å². The number of carbonyl (C=O) groups excluding carboxylic acids is 1. The zero-order chi connectivity index (χ0) is 13.7. The summed E-state index contributed by atoms with van der Waals surface area (Å²) in [6.07, 6.45) is 5.10. The van der Waals surface area contributed by atoms with E-state index in [2.05, 4.69) is 26.6 Å². The fourth-order valence-corrected chi connectivity index (χ4v) is 3.78. The second-order valence-electron chi connectivity index (χ2n) is 5.66. The van der Waals surface area contributed by atoms with Gasteiger partial charge in [-0.1, -0.05) is 0 Å². The van der Waals surface area contributed by atoms with Crippen molar-refractivity contribution in [1.29, 1.82) is 0 Å². The number of benzene rings is 1. The molecular formula is C15H15BrN2O2. The normalized spacial score (nSPS) is 28.1. The van der Waals surface area contributed by atoms with E-state index in [0.29, 0.717) is 17.6 Å². The Morgan fingerprint density at radius 1 is 1.40 bits per heavy atom. The van der Waals surface area contributed by atoms with Gasteiger partial charge in [0.05, 0.1) is 4.47 Å². The number of halogens is 1. The fourth-order valence-electron chi connectivity index (χ4n) is 3.37. The maximum atomic E-state index is 12.4. The van der Waals surface area contributed by atoms with Crippen LogP contribution < -0.4 is 10.6 Å². The molecule has 4 rings (SSSR count). The lowest BCUT2D eigenvalue weighted by molar-refractivity contribution is 0.0931. The molecule has 1 amide bonds. The van der Waals surface area contributed by atoms with Crippen LogP contribution in [0.5, 0.6) is 0 Å². The number of amides is 1. The van der Waals surface area contributed by atoms with Crippen LogP contribution in [0.1, 0.15) is 29.6 Å². The van der Waals surface area contributed by atoms with Gasteiger partial charge in [0.25, 0.3) is 5.91 Å². The summed E-state index contributed by atoms with van der Waals surface area (Å²) in [5, 5.41) is 7.62. The van der Waals surface area contributed by atoms with Gasteiger partial charge in [-0.3, -0.25) is 4.79 Å². The van der Waals surface area contributed by atoms with E-state index in [-0.39, 0.29) is 11.9 Å². The van der Waals surface area contributed by atoms with Crippen LogP contribution in [-0.4, -0.2) is 24.0 Å². The second kappa shape index (κ2) is 4.60. The van der Waals surface area contributed by atoms with Crippen molar-refractivity contribution in [2.24, 2.45) is 0 Å². The van der Waals surface area contributed by atoms with E-state index in [1.165, 1.54) is 12.8 Å². The van der Waals surface area contributed by atoms with E-state index in [9.17, 15) is 4.79 Å². The van der Waals surface area contributed by atoms with E-state index in [1.54, 1.807) is 6.26 Å². The van der Waals surface area contributed by atoms with Crippen LogP contribution in [0.3, 0.4) is 0 Å². The summed E-state index contributed by atoms with van der Waals surface area (Å²) < 4.78 is 6.25. The third kappa shape index (κ3) is 1.96. The molecule has 0 unspecified atom stereocenters. The highest BCUT2D eigenvalue weighted by molar-refractivity contribution is 9.10. The third-order valence-electron chi connectivity index (χ3n) is 4.40. The minimum absolute atomic E-state index is 0.000602. The summed E-state index contributed by atoms with van der Waals surface area (Å²) >= 11 is 3.43. The van der Waals surface area contributed by atoms with Crippen LogP contribution >= 0.6 is 15.9 Å². The van der Waals surface area contributed by atoms with Gasteiger partial charge in [-0.15, -0.1) is 0 Å². The van der Waals surface area contributed by atoms with E-state index in [4.69, 9.17) is 4.42 Å². The molecule has 0 radical (unpaired) electrons. The molecule has 3 heterocycles. The first-order valence-corrected chi connectivity index (χ1v) is 7.73. The maximum absolute atomic E-state index is 12.4. The Labute approximate surface area is 125 Å². The summed E-state index contributed by atoms with van der Waals surface area (Å²) in [6.45, 7) is 0. The van der Waals surface area contributed by atoms with Crippen LogP contribution in [0, 0.1) is 0 Å². The van der Waals surface area contributed by atoms with Gasteiger partial charge in [0.1, 0.15) is 11.8 Å². The standard InChI is InChI=1S/C15H15BrN2O2/c16-11-7-20-14-4-1-8(5-10(11)14)15(19)18-13-6-9-2-3-12(13)17-9/h1,4-5,7,9,12-13,17H,2-3,6H2,(H,18,19)/t9-,12+,13-/m1/s1. The van der Waals surface area contributed by atoms with Crippen molar-refractivity contribution in [1.82, 2.24) is 10.6 Å². The number of hydrogen-bond donors (Lipinski definition) is 2. The summed E-state index contributed by atoms with van der Waals surface area (Å²) in [4.78, 5) is 12.4. The molecule has 5 heteroatoms. The minimum Gasteiger partial charge on any atom is -0.463 e. The van der Waals surface area contributed by atoms with Gasteiger partial charge < -0.3 is 15.1 Å². The number of carbonyl (C=O) groups is 1. The Morgan fingerprint density at radius 3 is 3.05 bits per heavy atom. The van der Waals surface area contributed by atoms with Gasteiger partial charge in [-0.25, -0.2) is 0 Å². The zero-order valence-corrected chi connectivity index (χ0v) is 12.4.